The van der Waals surface area contributed by atoms with Gasteiger partial charge in [-0.15, -0.1) is 0 Å². The van der Waals surface area contributed by atoms with E-state index in [1.165, 1.54) is 45.4 Å². The monoisotopic (exact) mass is 276 g/mol. The molecular weight excluding hydrogens is 240 g/mol. The van der Waals surface area contributed by atoms with E-state index in [1.54, 1.807) is 0 Å². The number of hydrogen-bond acceptors (Lipinski definition) is 3. The molecule has 0 rings (SSSR count). The van der Waals surface area contributed by atoms with Gasteiger partial charge in [-0.25, -0.2) is 0 Å². The molecule has 0 aromatic heterocycles. The Hall–Kier alpha value is -0.120. The molecule has 0 aliphatic heterocycles. The van der Waals surface area contributed by atoms with Crippen LogP contribution in [0.4, 0.5) is 0 Å². The maximum atomic E-state index is 9.21. The normalized spacial score (nSPS) is 15.3. The standard InChI is InChI=1S/C8H18O3.C8H18/c1-3-4-5-7(10)8(11)6(2)9;1-3-5-7-8-6-4-2/h6-11H,3-5H2,1-2H3;3-8H2,1-2H3. The molecule has 0 radical (unpaired) electrons. The highest BCUT2D eigenvalue weighted by atomic mass is 16.4. The highest BCUT2D eigenvalue weighted by molar-refractivity contribution is 4.71. The number of aliphatic hydroxyl groups is 3. The zero-order chi connectivity index (χ0) is 15.1. The first-order valence-corrected chi connectivity index (χ1v) is 8.05. The van der Waals surface area contributed by atoms with Gasteiger partial charge < -0.3 is 15.3 Å². The molecule has 0 fully saturated rings. The molecule has 0 aromatic rings. The summed E-state index contributed by atoms with van der Waals surface area (Å²) in [5.74, 6) is 0. The third kappa shape index (κ3) is 15.8. The van der Waals surface area contributed by atoms with Crippen LogP contribution in [0, 0.1) is 0 Å². The van der Waals surface area contributed by atoms with Gasteiger partial charge in [0.05, 0.1) is 12.2 Å². The average molecular weight is 276 g/mol. The van der Waals surface area contributed by atoms with Crippen molar-refractivity contribution in [1.29, 1.82) is 0 Å². The van der Waals surface area contributed by atoms with Gasteiger partial charge in [-0.05, 0) is 13.3 Å². The second-order valence-corrected chi connectivity index (χ2v) is 5.35. The van der Waals surface area contributed by atoms with Crippen molar-refractivity contribution in [3.8, 4) is 0 Å². The van der Waals surface area contributed by atoms with Crippen LogP contribution in [0.3, 0.4) is 0 Å². The summed E-state index contributed by atoms with van der Waals surface area (Å²) in [7, 11) is 0. The summed E-state index contributed by atoms with van der Waals surface area (Å²) in [4.78, 5) is 0. The van der Waals surface area contributed by atoms with Crippen LogP contribution < -0.4 is 0 Å². The third-order valence-corrected chi connectivity index (χ3v) is 3.20. The molecule has 0 spiro atoms. The Labute approximate surface area is 120 Å². The lowest BCUT2D eigenvalue weighted by Gasteiger charge is -2.19. The van der Waals surface area contributed by atoms with Gasteiger partial charge in [-0.3, -0.25) is 0 Å². The fraction of sp³-hybridized carbons (Fsp3) is 1.00. The fourth-order valence-corrected chi connectivity index (χ4v) is 1.76. The van der Waals surface area contributed by atoms with Gasteiger partial charge in [0.1, 0.15) is 6.10 Å². The summed E-state index contributed by atoms with van der Waals surface area (Å²) in [6.45, 7) is 8.00. The van der Waals surface area contributed by atoms with Crippen LogP contribution in [0.2, 0.25) is 0 Å². The molecule has 0 saturated heterocycles. The van der Waals surface area contributed by atoms with E-state index in [1.807, 2.05) is 6.92 Å². The van der Waals surface area contributed by atoms with E-state index in [4.69, 9.17) is 10.2 Å². The minimum absolute atomic E-state index is 0.558. The van der Waals surface area contributed by atoms with E-state index in [2.05, 4.69) is 13.8 Å². The third-order valence-electron chi connectivity index (χ3n) is 3.20. The minimum Gasteiger partial charge on any atom is -0.391 e. The van der Waals surface area contributed by atoms with E-state index < -0.39 is 18.3 Å². The van der Waals surface area contributed by atoms with Crippen LogP contribution >= 0.6 is 0 Å². The van der Waals surface area contributed by atoms with Gasteiger partial charge in [0.2, 0.25) is 0 Å². The Bertz CT molecular complexity index is 154. The highest BCUT2D eigenvalue weighted by Crippen LogP contribution is 2.07. The van der Waals surface area contributed by atoms with Crippen molar-refractivity contribution in [2.75, 3.05) is 0 Å². The predicted octanol–water partition coefficient (Wildman–Crippen LogP) is 3.65. The molecule has 0 aromatic carbocycles. The summed E-state index contributed by atoms with van der Waals surface area (Å²) in [6, 6.07) is 0. The molecule has 3 atom stereocenters. The Kier molecular flexibility index (Phi) is 17.8. The first-order valence-electron chi connectivity index (χ1n) is 8.05. The topological polar surface area (TPSA) is 60.7 Å². The molecule has 0 heterocycles. The van der Waals surface area contributed by atoms with Gasteiger partial charge in [0.15, 0.2) is 0 Å². The Balaban J connectivity index is 0. The molecule has 3 nitrogen and oxygen atoms in total. The molecule has 3 heteroatoms. The van der Waals surface area contributed by atoms with Crippen LogP contribution in [-0.2, 0) is 0 Å². The van der Waals surface area contributed by atoms with Gasteiger partial charge in [0.25, 0.3) is 0 Å². The highest BCUT2D eigenvalue weighted by Gasteiger charge is 2.19. The number of hydrogen-bond donors (Lipinski definition) is 3. The van der Waals surface area contributed by atoms with Gasteiger partial charge in [-0.2, -0.15) is 0 Å². The molecule has 0 bridgehead atoms. The van der Waals surface area contributed by atoms with Crippen molar-refractivity contribution in [3.05, 3.63) is 0 Å². The van der Waals surface area contributed by atoms with Gasteiger partial charge >= 0.3 is 0 Å². The van der Waals surface area contributed by atoms with Crippen LogP contribution in [0.25, 0.3) is 0 Å². The molecular formula is C16H36O3. The zero-order valence-corrected chi connectivity index (χ0v) is 13.4. The lowest BCUT2D eigenvalue weighted by molar-refractivity contribution is -0.0548. The Morgan fingerprint density at radius 3 is 1.42 bits per heavy atom. The largest absolute Gasteiger partial charge is 0.391 e. The lowest BCUT2D eigenvalue weighted by Crippen LogP contribution is -2.35. The summed E-state index contributed by atoms with van der Waals surface area (Å²) >= 11 is 0. The first-order chi connectivity index (χ1) is 9.01. The van der Waals surface area contributed by atoms with Crippen molar-refractivity contribution in [1.82, 2.24) is 0 Å². The Morgan fingerprint density at radius 2 is 1.11 bits per heavy atom. The summed E-state index contributed by atoms with van der Waals surface area (Å²) in [6.07, 6.45) is 8.29. The fourth-order valence-electron chi connectivity index (χ4n) is 1.76. The van der Waals surface area contributed by atoms with Crippen LogP contribution in [0.5, 0.6) is 0 Å². The van der Waals surface area contributed by atoms with Gasteiger partial charge in [-0.1, -0.05) is 72.1 Å². The van der Waals surface area contributed by atoms with Crippen molar-refractivity contribution < 1.29 is 15.3 Å². The molecule has 118 valence electrons. The van der Waals surface area contributed by atoms with Crippen molar-refractivity contribution >= 4 is 0 Å². The van der Waals surface area contributed by atoms with Crippen LogP contribution in [0.1, 0.15) is 85.5 Å². The number of aliphatic hydroxyl groups excluding tert-OH is 3. The lowest BCUT2D eigenvalue weighted by atomic mass is 10.0. The quantitative estimate of drug-likeness (QED) is 0.534. The smallest absolute Gasteiger partial charge is 0.105 e. The summed E-state index contributed by atoms with van der Waals surface area (Å²) in [5, 5.41) is 27.2. The van der Waals surface area contributed by atoms with E-state index in [-0.39, 0.29) is 0 Å². The second kappa shape index (κ2) is 15.9. The molecule has 3 unspecified atom stereocenters. The minimum atomic E-state index is -0.999. The van der Waals surface area contributed by atoms with Crippen molar-refractivity contribution in [3.63, 3.8) is 0 Å². The van der Waals surface area contributed by atoms with E-state index in [0.717, 1.165) is 12.8 Å². The molecule has 0 aliphatic carbocycles. The van der Waals surface area contributed by atoms with Gasteiger partial charge in [0, 0.05) is 0 Å². The molecule has 0 saturated carbocycles. The van der Waals surface area contributed by atoms with Crippen LogP contribution in [0.15, 0.2) is 0 Å². The number of unbranched alkanes of at least 4 members (excludes halogenated alkanes) is 6. The second-order valence-electron chi connectivity index (χ2n) is 5.35. The molecule has 19 heavy (non-hydrogen) atoms. The predicted molar refractivity (Wildman–Crippen MR) is 82.3 cm³/mol. The van der Waals surface area contributed by atoms with Crippen molar-refractivity contribution in [2.45, 2.75) is 104 Å². The maximum Gasteiger partial charge on any atom is 0.105 e. The summed E-state index contributed by atoms with van der Waals surface area (Å²) in [5.41, 5.74) is 0. The Morgan fingerprint density at radius 1 is 0.684 bits per heavy atom. The average Bonchev–Trinajstić information content (AvgIpc) is 2.40. The molecule has 0 aliphatic rings. The zero-order valence-electron chi connectivity index (χ0n) is 13.4. The first kappa shape index (κ1) is 21.2. The number of rotatable bonds is 10. The SMILES string of the molecule is CCCCC(O)C(O)C(C)O.CCCCCCCC. The molecule has 0 amide bonds. The summed E-state index contributed by atoms with van der Waals surface area (Å²) < 4.78 is 0. The van der Waals surface area contributed by atoms with E-state index >= 15 is 0 Å². The molecule has 3 N–H and O–H groups in total. The van der Waals surface area contributed by atoms with E-state index in [9.17, 15) is 5.11 Å². The maximum absolute atomic E-state index is 9.21. The van der Waals surface area contributed by atoms with E-state index in [0.29, 0.717) is 6.42 Å². The van der Waals surface area contributed by atoms with Crippen molar-refractivity contribution in [2.24, 2.45) is 0 Å². The van der Waals surface area contributed by atoms with Crippen LogP contribution in [-0.4, -0.2) is 33.6 Å².